The van der Waals surface area contributed by atoms with Crippen LogP contribution in [0.2, 0.25) is 0 Å². The molecule has 102 valence electrons. The summed E-state index contributed by atoms with van der Waals surface area (Å²) in [5, 5.41) is 9.04. The lowest BCUT2D eigenvalue weighted by molar-refractivity contribution is 0.0692. The number of nitrogens with one attached hydrogen (secondary N) is 1. The number of rotatable bonds is 4. The summed E-state index contributed by atoms with van der Waals surface area (Å²) in [5.74, 6) is -1.30. The van der Waals surface area contributed by atoms with Crippen molar-refractivity contribution in [3.05, 3.63) is 35.9 Å². The Morgan fingerprint density at radius 3 is 2.53 bits per heavy atom. The van der Waals surface area contributed by atoms with E-state index < -0.39 is 16.0 Å². The molecule has 4 N–H and O–H groups in total. The smallest absolute Gasteiger partial charge is 0.337 e. The summed E-state index contributed by atoms with van der Waals surface area (Å²) >= 11 is 0. The number of hydrogen-bond acceptors (Lipinski definition) is 4. The van der Waals surface area contributed by atoms with E-state index in [1.807, 2.05) is 12.2 Å². The third kappa shape index (κ3) is 2.94. The van der Waals surface area contributed by atoms with Crippen molar-refractivity contribution in [2.75, 3.05) is 5.73 Å². The van der Waals surface area contributed by atoms with Crippen molar-refractivity contribution in [3.63, 3.8) is 0 Å². The van der Waals surface area contributed by atoms with Crippen molar-refractivity contribution in [1.82, 2.24) is 4.72 Å². The van der Waals surface area contributed by atoms with Crippen molar-refractivity contribution in [1.29, 1.82) is 0 Å². The number of aromatic carboxylic acids is 1. The lowest BCUT2D eigenvalue weighted by Gasteiger charge is -2.14. The Morgan fingerprint density at radius 2 is 1.95 bits per heavy atom. The Labute approximate surface area is 111 Å². The average molecular weight is 282 g/mol. The molecule has 0 spiro atoms. The number of benzene rings is 1. The van der Waals surface area contributed by atoms with Crippen LogP contribution in [0.1, 0.15) is 23.2 Å². The minimum absolute atomic E-state index is 0.204. The predicted octanol–water partition coefficient (Wildman–Crippen LogP) is 0.964. The highest BCUT2D eigenvalue weighted by atomic mass is 32.2. The van der Waals surface area contributed by atoms with Crippen molar-refractivity contribution in [2.45, 2.75) is 23.8 Å². The largest absolute Gasteiger partial charge is 0.478 e. The van der Waals surface area contributed by atoms with Crippen LogP contribution in [0, 0.1) is 0 Å². The van der Waals surface area contributed by atoms with Crippen LogP contribution in [0.25, 0.3) is 0 Å². The van der Waals surface area contributed by atoms with Gasteiger partial charge >= 0.3 is 5.97 Å². The molecule has 1 aromatic rings. The normalized spacial score (nSPS) is 15.8. The second-order valence-corrected chi connectivity index (χ2v) is 6.00. The van der Waals surface area contributed by atoms with Gasteiger partial charge in [0.1, 0.15) is 0 Å². The van der Waals surface area contributed by atoms with Crippen molar-refractivity contribution < 1.29 is 18.3 Å². The number of carboxylic acid groups (broad SMARTS) is 1. The third-order valence-electron chi connectivity index (χ3n) is 2.86. The number of carboxylic acids is 1. The standard InChI is InChI=1S/C12H14N2O4S/c13-8-5-6-10(12(15)16)11(7-8)19(17,18)14-9-3-1-2-4-9/h1-2,5-7,9,14H,3-4,13H2,(H,15,16). The van der Waals surface area contributed by atoms with Crippen LogP contribution < -0.4 is 10.5 Å². The quantitative estimate of drug-likeness (QED) is 0.563. The van der Waals surface area contributed by atoms with Gasteiger partial charge in [0.05, 0.1) is 10.5 Å². The van der Waals surface area contributed by atoms with Crippen LogP contribution in [0.5, 0.6) is 0 Å². The zero-order chi connectivity index (χ0) is 14.0. The number of anilines is 1. The highest BCUT2D eigenvalue weighted by molar-refractivity contribution is 7.89. The summed E-state index contributed by atoms with van der Waals surface area (Å²) in [6, 6.07) is 3.49. The second kappa shape index (κ2) is 5.02. The number of hydrogen-bond donors (Lipinski definition) is 3. The maximum atomic E-state index is 12.2. The lowest BCUT2D eigenvalue weighted by Crippen LogP contribution is -2.33. The highest BCUT2D eigenvalue weighted by Crippen LogP contribution is 2.21. The summed E-state index contributed by atoms with van der Waals surface area (Å²) in [4.78, 5) is 10.8. The van der Waals surface area contributed by atoms with Gasteiger partial charge in [-0.1, -0.05) is 12.2 Å². The Hall–Kier alpha value is -1.86. The van der Waals surface area contributed by atoms with E-state index >= 15 is 0 Å². The first kappa shape index (κ1) is 13.6. The Bertz CT molecular complexity index is 629. The van der Waals surface area contributed by atoms with Crippen LogP contribution in [0.15, 0.2) is 35.2 Å². The minimum atomic E-state index is -3.89. The van der Waals surface area contributed by atoms with Gasteiger partial charge in [-0.2, -0.15) is 0 Å². The van der Waals surface area contributed by atoms with Gasteiger partial charge in [0.25, 0.3) is 0 Å². The molecule has 0 saturated carbocycles. The molecule has 0 bridgehead atoms. The molecule has 0 aromatic heterocycles. The zero-order valence-electron chi connectivity index (χ0n) is 10.0. The molecule has 0 saturated heterocycles. The number of nitrogen functional groups attached to an aromatic ring is 1. The molecule has 0 fully saturated rings. The van der Waals surface area contributed by atoms with Crippen LogP contribution in [-0.4, -0.2) is 25.5 Å². The van der Waals surface area contributed by atoms with Gasteiger partial charge in [0.15, 0.2) is 0 Å². The maximum Gasteiger partial charge on any atom is 0.337 e. The minimum Gasteiger partial charge on any atom is -0.478 e. The molecular formula is C12H14N2O4S. The fraction of sp³-hybridized carbons (Fsp3) is 0.250. The van der Waals surface area contributed by atoms with Crippen molar-refractivity contribution in [2.24, 2.45) is 0 Å². The van der Waals surface area contributed by atoms with E-state index in [4.69, 9.17) is 10.8 Å². The molecule has 0 atom stereocenters. The monoisotopic (exact) mass is 282 g/mol. The van der Waals surface area contributed by atoms with Crippen LogP contribution in [-0.2, 0) is 10.0 Å². The summed E-state index contributed by atoms with van der Waals surface area (Å²) in [6.45, 7) is 0. The third-order valence-corrected chi connectivity index (χ3v) is 4.42. The van der Waals surface area contributed by atoms with Crippen molar-refractivity contribution in [3.8, 4) is 0 Å². The average Bonchev–Trinajstić information content (AvgIpc) is 2.80. The molecule has 7 heteroatoms. The SMILES string of the molecule is Nc1ccc(C(=O)O)c(S(=O)(=O)NC2CC=CC2)c1. The first-order valence-corrected chi connectivity index (χ1v) is 7.18. The zero-order valence-corrected chi connectivity index (χ0v) is 10.9. The highest BCUT2D eigenvalue weighted by Gasteiger charge is 2.25. The molecule has 2 rings (SSSR count). The summed E-state index contributed by atoms with van der Waals surface area (Å²) in [7, 11) is -3.89. The topological polar surface area (TPSA) is 109 Å². The molecule has 0 amide bonds. The van der Waals surface area contributed by atoms with E-state index in [1.165, 1.54) is 12.1 Å². The number of carbonyl (C=O) groups is 1. The van der Waals surface area contributed by atoms with Gasteiger partial charge in [0.2, 0.25) is 10.0 Å². The van der Waals surface area contributed by atoms with Crippen LogP contribution in [0.4, 0.5) is 5.69 Å². The summed E-state index contributed by atoms with van der Waals surface area (Å²) in [6.07, 6.45) is 4.96. The first-order chi connectivity index (χ1) is 8.90. The van der Waals surface area contributed by atoms with Crippen LogP contribution in [0.3, 0.4) is 0 Å². The Morgan fingerprint density at radius 1 is 1.32 bits per heavy atom. The van der Waals surface area contributed by atoms with Gasteiger partial charge in [-0.25, -0.2) is 17.9 Å². The lowest BCUT2D eigenvalue weighted by atomic mass is 10.2. The number of nitrogens with two attached hydrogens (primary N) is 1. The van der Waals surface area contributed by atoms with E-state index in [0.29, 0.717) is 12.8 Å². The molecule has 1 aliphatic carbocycles. The van der Waals surface area contributed by atoms with Crippen LogP contribution >= 0.6 is 0 Å². The molecule has 1 aromatic carbocycles. The van der Waals surface area contributed by atoms with E-state index in [1.54, 1.807) is 0 Å². The molecular weight excluding hydrogens is 268 g/mol. The van der Waals surface area contributed by atoms with Gasteiger partial charge < -0.3 is 10.8 Å². The summed E-state index contributed by atoms with van der Waals surface area (Å²) in [5.41, 5.74) is 5.45. The van der Waals surface area contributed by atoms with E-state index in [2.05, 4.69) is 4.72 Å². The van der Waals surface area contributed by atoms with E-state index in [0.717, 1.165) is 6.07 Å². The van der Waals surface area contributed by atoms with E-state index in [9.17, 15) is 13.2 Å². The van der Waals surface area contributed by atoms with E-state index in [-0.39, 0.29) is 22.2 Å². The second-order valence-electron chi connectivity index (χ2n) is 4.32. The fourth-order valence-corrected chi connectivity index (χ4v) is 3.43. The first-order valence-electron chi connectivity index (χ1n) is 5.70. The molecule has 1 aliphatic rings. The van der Waals surface area contributed by atoms with Gasteiger partial charge in [0, 0.05) is 11.7 Å². The molecule has 0 aliphatic heterocycles. The molecule has 0 radical (unpaired) electrons. The van der Waals surface area contributed by atoms with Crippen molar-refractivity contribution >= 4 is 21.7 Å². The maximum absolute atomic E-state index is 12.2. The predicted molar refractivity (Wildman–Crippen MR) is 70.3 cm³/mol. The molecule has 6 nitrogen and oxygen atoms in total. The Balaban J connectivity index is 2.38. The molecule has 0 heterocycles. The molecule has 19 heavy (non-hydrogen) atoms. The van der Waals surface area contributed by atoms with Gasteiger partial charge in [-0.05, 0) is 31.0 Å². The molecule has 0 unspecified atom stereocenters. The number of sulfonamides is 1. The fourth-order valence-electron chi connectivity index (χ4n) is 1.93. The summed E-state index contributed by atoms with van der Waals surface area (Å²) < 4.78 is 26.9. The van der Waals surface area contributed by atoms with Gasteiger partial charge in [-0.3, -0.25) is 0 Å². The Kier molecular flexibility index (Phi) is 3.59. The van der Waals surface area contributed by atoms with Gasteiger partial charge in [-0.15, -0.1) is 0 Å².